The molecule has 0 bridgehead atoms. The number of furan rings is 1. The van der Waals surface area contributed by atoms with Gasteiger partial charge in [0.1, 0.15) is 17.1 Å². The first kappa shape index (κ1) is 11.8. The molecule has 0 atom stereocenters. The van der Waals surface area contributed by atoms with Crippen molar-refractivity contribution in [2.45, 2.75) is 63.7 Å². The Bertz CT molecular complexity index is 453. The van der Waals surface area contributed by atoms with E-state index in [1.54, 1.807) is 0 Å². The summed E-state index contributed by atoms with van der Waals surface area (Å²) in [4.78, 5) is 11.6. The normalized spacial score (nSPS) is 20.7. The Morgan fingerprint density at radius 3 is 2.50 bits per heavy atom. The molecular weight excluding hydrogens is 228 g/mol. The fourth-order valence-electron chi connectivity index (χ4n) is 3.47. The Balaban J connectivity index is 2.05. The van der Waals surface area contributed by atoms with Crippen molar-refractivity contribution in [2.24, 2.45) is 0 Å². The van der Waals surface area contributed by atoms with Crippen LogP contribution in [0.1, 0.15) is 78.3 Å². The number of hydrogen-bond acceptors (Lipinski definition) is 2. The summed E-state index contributed by atoms with van der Waals surface area (Å²) in [5, 5.41) is 9.50. The molecule has 3 rings (SSSR count). The Morgan fingerprint density at radius 1 is 1.06 bits per heavy atom. The second-order valence-electron chi connectivity index (χ2n) is 5.59. The maximum atomic E-state index is 11.6. The summed E-state index contributed by atoms with van der Waals surface area (Å²) >= 11 is 0. The number of carboxylic acids is 1. The third-order valence-corrected chi connectivity index (χ3v) is 4.39. The standard InChI is InChI=1S/C15H20O3/c16-15(17)13-11-8-2-1-3-9-12(11)18-14(13)10-6-4-5-7-10/h10H,1-9H2,(H,16,17). The zero-order chi connectivity index (χ0) is 12.5. The zero-order valence-corrected chi connectivity index (χ0v) is 10.7. The van der Waals surface area contributed by atoms with Crippen molar-refractivity contribution in [3.8, 4) is 0 Å². The zero-order valence-electron chi connectivity index (χ0n) is 10.7. The SMILES string of the molecule is O=C(O)c1c(C2CCCC2)oc2c1CCCCC2. The van der Waals surface area contributed by atoms with Gasteiger partial charge in [-0.05, 0) is 32.1 Å². The Labute approximate surface area is 107 Å². The lowest BCUT2D eigenvalue weighted by molar-refractivity contribution is 0.0692. The number of carboxylic acid groups (broad SMARTS) is 1. The Kier molecular flexibility index (Phi) is 3.14. The monoisotopic (exact) mass is 248 g/mol. The van der Waals surface area contributed by atoms with Crippen LogP contribution in [0.5, 0.6) is 0 Å². The number of aromatic carboxylic acids is 1. The summed E-state index contributed by atoms with van der Waals surface area (Å²) in [5.41, 5.74) is 1.51. The molecule has 0 unspecified atom stereocenters. The first-order valence-corrected chi connectivity index (χ1v) is 7.15. The first-order valence-electron chi connectivity index (χ1n) is 7.15. The van der Waals surface area contributed by atoms with Gasteiger partial charge in [0, 0.05) is 17.9 Å². The van der Waals surface area contributed by atoms with Crippen molar-refractivity contribution < 1.29 is 14.3 Å². The van der Waals surface area contributed by atoms with Crippen LogP contribution in [0.4, 0.5) is 0 Å². The van der Waals surface area contributed by atoms with Gasteiger partial charge in [0.2, 0.25) is 0 Å². The summed E-state index contributed by atoms with van der Waals surface area (Å²) in [6.07, 6.45) is 9.79. The number of aryl methyl sites for hydroxylation is 1. The van der Waals surface area contributed by atoms with Crippen molar-refractivity contribution in [3.63, 3.8) is 0 Å². The maximum absolute atomic E-state index is 11.6. The highest BCUT2D eigenvalue weighted by atomic mass is 16.4. The molecule has 1 N–H and O–H groups in total. The summed E-state index contributed by atoms with van der Waals surface area (Å²) in [6.45, 7) is 0. The highest BCUT2D eigenvalue weighted by Crippen LogP contribution is 2.40. The number of fused-ring (bicyclic) bond motifs is 1. The molecule has 1 heterocycles. The Hall–Kier alpha value is -1.25. The van der Waals surface area contributed by atoms with E-state index in [-0.39, 0.29) is 0 Å². The van der Waals surface area contributed by atoms with Gasteiger partial charge < -0.3 is 9.52 Å². The maximum Gasteiger partial charge on any atom is 0.339 e. The lowest BCUT2D eigenvalue weighted by Crippen LogP contribution is -2.05. The molecule has 18 heavy (non-hydrogen) atoms. The summed E-state index contributed by atoms with van der Waals surface area (Å²) in [5.74, 6) is 1.31. The molecule has 2 aliphatic rings. The summed E-state index contributed by atoms with van der Waals surface area (Å²) in [7, 11) is 0. The van der Waals surface area contributed by atoms with Crippen LogP contribution in [0.3, 0.4) is 0 Å². The van der Waals surface area contributed by atoms with E-state index in [9.17, 15) is 9.90 Å². The largest absolute Gasteiger partial charge is 0.478 e. The van der Waals surface area contributed by atoms with Crippen LogP contribution in [-0.2, 0) is 12.8 Å². The van der Waals surface area contributed by atoms with Crippen LogP contribution in [-0.4, -0.2) is 11.1 Å². The van der Waals surface area contributed by atoms with E-state index < -0.39 is 5.97 Å². The molecule has 0 saturated heterocycles. The van der Waals surface area contributed by atoms with Gasteiger partial charge in [0.25, 0.3) is 0 Å². The molecule has 0 aliphatic heterocycles. The van der Waals surface area contributed by atoms with E-state index in [0.29, 0.717) is 11.5 Å². The molecule has 3 nitrogen and oxygen atoms in total. The lowest BCUT2D eigenvalue weighted by atomic mass is 9.97. The molecule has 0 spiro atoms. The smallest absolute Gasteiger partial charge is 0.339 e. The third kappa shape index (κ3) is 1.96. The molecule has 0 amide bonds. The van der Waals surface area contributed by atoms with Crippen LogP contribution < -0.4 is 0 Å². The molecule has 2 aliphatic carbocycles. The number of rotatable bonds is 2. The van der Waals surface area contributed by atoms with Gasteiger partial charge in [0.15, 0.2) is 0 Å². The fraction of sp³-hybridized carbons (Fsp3) is 0.667. The van der Waals surface area contributed by atoms with Gasteiger partial charge in [-0.15, -0.1) is 0 Å². The van der Waals surface area contributed by atoms with Gasteiger partial charge in [-0.25, -0.2) is 4.79 Å². The van der Waals surface area contributed by atoms with Crippen molar-refractivity contribution in [3.05, 3.63) is 22.6 Å². The van der Waals surface area contributed by atoms with Gasteiger partial charge in [-0.2, -0.15) is 0 Å². The molecule has 1 aromatic heterocycles. The van der Waals surface area contributed by atoms with E-state index in [1.807, 2.05) is 0 Å². The molecule has 1 fully saturated rings. The van der Waals surface area contributed by atoms with Gasteiger partial charge >= 0.3 is 5.97 Å². The van der Waals surface area contributed by atoms with Crippen molar-refractivity contribution in [1.82, 2.24) is 0 Å². The lowest BCUT2D eigenvalue weighted by Gasteiger charge is -2.07. The van der Waals surface area contributed by atoms with Gasteiger partial charge in [-0.3, -0.25) is 0 Å². The number of hydrogen-bond donors (Lipinski definition) is 1. The van der Waals surface area contributed by atoms with E-state index in [1.165, 1.54) is 19.3 Å². The van der Waals surface area contributed by atoms with Crippen molar-refractivity contribution >= 4 is 5.97 Å². The van der Waals surface area contributed by atoms with E-state index in [0.717, 1.165) is 55.6 Å². The topological polar surface area (TPSA) is 50.4 Å². The predicted octanol–water partition coefficient (Wildman–Crippen LogP) is 3.90. The Morgan fingerprint density at radius 2 is 1.78 bits per heavy atom. The predicted molar refractivity (Wildman–Crippen MR) is 68.1 cm³/mol. The van der Waals surface area contributed by atoms with Crippen molar-refractivity contribution in [2.75, 3.05) is 0 Å². The van der Waals surface area contributed by atoms with Crippen LogP contribution in [0.25, 0.3) is 0 Å². The average molecular weight is 248 g/mol. The van der Waals surface area contributed by atoms with Crippen LogP contribution in [0, 0.1) is 0 Å². The minimum Gasteiger partial charge on any atom is -0.478 e. The van der Waals surface area contributed by atoms with Crippen LogP contribution >= 0.6 is 0 Å². The highest BCUT2D eigenvalue weighted by molar-refractivity contribution is 5.91. The average Bonchev–Trinajstić information content (AvgIpc) is 2.92. The molecule has 1 saturated carbocycles. The van der Waals surface area contributed by atoms with Crippen molar-refractivity contribution in [1.29, 1.82) is 0 Å². The van der Waals surface area contributed by atoms with Crippen LogP contribution in [0.15, 0.2) is 4.42 Å². The fourth-order valence-corrected chi connectivity index (χ4v) is 3.47. The third-order valence-electron chi connectivity index (χ3n) is 4.39. The van der Waals surface area contributed by atoms with E-state index in [4.69, 9.17) is 4.42 Å². The minimum atomic E-state index is -0.788. The molecule has 0 radical (unpaired) electrons. The minimum absolute atomic E-state index is 0.350. The molecule has 3 heteroatoms. The second kappa shape index (κ2) is 4.79. The summed E-state index contributed by atoms with van der Waals surface area (Å²) < 4.78 is 5.98. The van der Waals surface area contributed by atoms with Gasteiger partial charge in [-0.1, -0.05) is 19.3 Å². The number of carbonyl (C=O) groups is 1. The van der Waals surface area contributed by atoms with E-state index >= 15 is 0 Å². The highest BCUT2D eigenvalue weighted by Gasteiger charge is 2.31. The van der Waals surface area contributed by atoms with Gasteiger partial charge in [0.05, 0.1) is 0 Å². The summed E-state index contributed by atoms with van der Waals surface area (Å²) in [6, 6.07) is 0. The quantitative estimate of drug-likeness (QED) is 0.807. The van der Waals surface area contributed by atoms with E-state index in [2.05, 4.69) is 0 Å². The molecule has 1 aromatic rings. The molecular formula is C15H20O3. The molecule has 0 aromatic carbocycles. The van der Waals surface area contributed by atoms with Crippen LogP contribution in [0.2, 0.25) is 0 Å². The first-order chi connectivity index (χ1) is 8.77. The molecule has 98 valence electrons. The second-order valence-corrected chi connectivity index (χ2v) is 5.59.